The normalized spacial score (nSPS) is 18.8. The Kier molecular flexibility index (Phi) is 3.10. The highest BCUT2D eigenvalue weighted by molar-refractivity contribution is 5.00. The third kappa shape index (κ3) is 2.40. The van der Waals surface area contributed by atoms with E-state index in [1.807, 2.05) is 12.5 Å². The Morgan fingerprint density at radius 1 is 1.53 bits per heavy atom. The zero-order valence-corrected chi connectivity index (χ0v) is 9.79. The van der Waals surface area contributed by atoms with Gasteiger partial charge in [0.2, 0.25) is 0 Å². The second-order valence-corrected chi connectivity index (χ2v) is 4.96. The van der Waals surface area contributed by atoms with Crippen LogP contribution in [0.25, 0.3) is 0 Å². The van der Waals surface area contributed by atoms with Crippen LogP contribution < -0.4 is 5.32 Å². The maximum absolute atomic E-state index is 4.24. The highest BCUT2D eigenvalue weighted by Crippen LogP contribution is 2.41. The van der Waals surface area contributed by atoms with E-state index in [1.165, 1.54) is 25.0 Å². The predicted octanol–water partition coefficient (Wildman–Crippen LogP) is 2.18. The van der Waals surface area contributed by atoms with Crippen molar-refractivity contribution in [3.8, 4) is 0 Å². The Labute approximate surface area is 91.9 Å². The van der Waals surface area contributed by atoms with Gasteiger partial charge in [-0.1, -0.05) is 20.3 Å². The minimum Gasteiger partial charge on any atom is -0.333 e. The minimum absolute atomic E-state index is 0.529. The van der Waals surface area contributed by atoms with E-state index in [0.717, 1.165) is 19.6 Å². The molecule has 2 rings (SSSR count). The highest BCUT2D eigenvalue weighted by atomic mass is 15.1. The quantitative estimate of drug-likeness (QED) is 0.802. The first kappa shape index (κ1) is 10.7. The Morgan fingerprint density at radius 3 is 2.93 bits per heavy atom. The summed E-state index contributed by atoms with van der Waals surface area (Å²) in [4.78, 5) is 4.24. The van der Waals surface area contributed by atoms with Crippen molar-refractivity contribution in [1.29, 1.82) is 0 Å². The van der Waals surface area contributed by atoms with Gasteiger partial charge < -0.3 is 9.88 Å². The van der Waals surface area contributed by atoms with Crippen LogP contribution in [0.1, 0.15) is 38.8 Å². The molecule has 0 radical (unpaired) electrons. The molecule has 1 saturated carbocycles. The van der Waals surface area contributed by atoms with Gasteiger partial charge in [-0.05, 0) is 24.8 Å². The van der Waals surface area contributed by atoms with Gasteiger partial charge in [-0.3, -0.25) is 0 Å². The number of imidazole rings is 1. The number of rotatable bonds is 5. The van der Waals surface area contributed by atoms with Crippen LogP contribution in [0, 0.1) is 5.41 Å². The largest absolute Gasteiger partial charge is 0.333 e. The summed E-state index contributed by atoms with van der Waals surface area (Å²) >= 11 is 0. The summed E-state index contributed by atoms with van der Waals surface area (Å²) < 4.78 is 2.31. The summed E-state index contributed by atoms with van der Waals surface area (Å²) in [6.07, 6.45) is 8.08. The first-order chi connectivity index (χ1) is 7.23. The molecule has 0 amide bonds. The van der Waals surface area contributed by atoms with Crippen LogP contribution in [-0.2, 0) is 13.1 Å². The summed E-state index contributed by atoms with van der Waals surface area (Å²) in [6, 6.07) is 0. The first-order valence-electron chi connectivity index (χ1n) is 5.93. The molecule has 3 heteroatoms. The lowest BCUT2D eigenvalue weighted by atomic mass is 9.70. The van der Waals surface area contributed by atoms with E-state index in [-0.39, 0.29) is 0 Å². The van der Waals surface area contributed by atoms with Crippen molar-refractivity contribution < 1.29 is 0 Å². The van der Waals surface area contributed by atoms with E-state index in [9.17, 15) is 0 Å². The van der Waals surface area contributed by atoms with Crippen LogP contribution >= 0.6 is 0 Å². The number of aromatic nitrogens is 2. The minimum atomic E-state index is 0.529. The average molecular weight is 207 g/mol. The highest BCUT2D eigenvalue weighted by Gasteiger charge is 2.32. The van der Waals surface area contributed by atoms with Gasteiger partial charge in [-0.15, -0.1) is 0 Å². The lowest BCUT2D eigenvalue weighted by Gasteiger charge is -2.39. The number of hydrogen-bond acceptors (Lipinski definition) is 2. The van der Waals surface area contributed by atoms with Crippen LogP contribution in [0.2, 0.25) is 0 Å². The Morgan fingerprint density at radius 2 is 2.33 bits per heavy atom. The first-order valence-corrected chi connectivity index (χ1v) is 5.93. The lowest BCUT2D eigenvalue weighted by molar-refractivity contribution is 0.130. The zero-order chi connectivity index (χ0) is 10.7. The lowest BCUT2D eigenvalue weighted by Crippen LogP contribution is -2.31. The summed E-state index contributed by atoms with van der Waals surface area (Å²) in [5, 5.41) is 3.35. The summed E-state index contributed by atoms with van der Waals surface area (Å²) in [7, 11) is 0. The fraction of sp³-hybridized carbons (Fsp3) is 0.750. The molecule has 1 heterocycles. The van der Waals surface area contributed by atoms with Crippen molar-refractivity contribution in [3.63, 3.8) is 0 Å². The molecule has 0 unspecified atom stereocenters. The molecule has 15 heavy (non-hydrogen) atoms. The number of hydrogen-bond donors (Lipinski definition) is 1. The van der Waals surface area contributed by atoms with E-state index < -0.39 is 0 Å². The molecular formula is C12H21N3. The molecule has 1 fully saturated rings. The summed E-state index contributed by atoms with van der Waals surface area (Å²) in [5.41, 5.74) is 1.84. The molecule has 0 aliphatic heterocycles. The van der Waals surface area contributed by atoms with Gasteiger partial charge in [0.15, 0.2) is 0 Å². The van der Waals surface area contributed by atoms with Gasteiger partial charge in [0.1, 0.15) is 0 Å². The van der Waals surface area contributed by atoms with Gasteiger partial charge in [0.25, 0.3) is 0 Å². The number of nitrogens with one attached hydrogen (secondary N) is 1. The molecule has 0 atom stereocenters. The van der Waals surface area contributed by atoms with Crippen molar-refractivity contribution in [1.82, 2.24) is 14.9 Å². The third-order valence-corrected chi connectivity index (χ3v) is 3.47. The summed E-state index contributed by atoms with van der Waals surface area (Å²) in [6.45, 7) is 7.60. The molecule has 1 aromatic rings. The second kappa shape index (κ2) is 4.35. The van der Waals surface area contributed by atoms with E-state index in [1.54, 1.807) is 0 Å². The topological polar surface area (TPSA) is 29.9 Å². The molecule has 3 nitrogen and oxygen atoms in total. The van der Waals surface area contributed by atoms with E-state index in [2.05, 4.69) is 28.7 Å². The molecular weight excluding hydrogens is 186 g/mol. The Balaban J connectivity index is 1.98. The van der Waals surface area contributed by atoms with Gasteiger partial charge in [0, 0.05) is 19.3 Å². The van der Waals surface area contributed by atoms with Crippen LogP contribution in [0.3, 0.4) is 0 Å². The maximum Gasteiger partial charge on any atom is 0.0948 e. The molecule has 1 aliphatic rings. The van der Waals surface area contributed by atoms with E-state index in [4.69, 9.17) is 0 Å². The molecule has 84 valence electrons. The van der Waals surface area contributed by atoms with E-state index >= 15 is 0 Å². The second-order valence-electron chi connectivity index (χ2n) is 4.96. The van der Waals surface area contributed by atoms with Gasteiger partial charge >= 0.3 is 0 Å². The Hall–Kier alpha value is -0.830. The molecule has 0 spiro atoms. The smallest absolute Gasteiger partial charge is 0.0948 e. The zero-order valence-electron chi connectivity index (χ0n) is 9.79. The number of nitrogens with zero attached hydrogens (tertiary/aromatic N) is 2. The SMILES string of the molecule is CCNCc1cncn1CC1(C)CCC1. The van der Waals surface area contributed by atoms with Gasteiger partial charge in [0.05, 0.1) is 12.0 Å². The molecule has 0 aromatic carbocycles. The fourth-order valence-corrected chi connectivity index (χ4v) is 2.24. The standard InChI is InChI=1S/C12H21N3/c1-3-13-7-11-8-14-10-15(11)9-12(2)5-4-6-12/h8,10,13H,3-7,9H2,1-2H3. The van der Waals surface area contributed by atoms with Gasteiger partial charge in [-0.2, -0.15) is 0 Å². The van der Waals surface area contributed by atoms with Crippen molar-refractivity contribution >= 4 is 0 Å². The van der Waals surface area contributed by atoms with Crippen molar-refractivity contribution in [2.75, 3.05) is 6.54 Å². The molecule has 1 N–H and O–H groups in total. The van der Waals surface area contributed by atoms with Crippen LogP contribution in [-0.4, -0.2) is 16.1 Å². The molecule has 1 aliphatic carbocycles. The molecule has 1 aromatic heterocycles. The average Bonchev–Trinajstić information content (AvgIpc) is 2.60. The monoisotopic (exact) mass is 207 g/mol. The third-order valence-electron chi connectivity index (χ3n) is 3.47. The maximum atomic E-state index is 4.24. The predicted molar refractivity (Wildman–Crippen MR) is 61.6 cm³/mol. The van der Waals surface area contributed by atoms with Crippen molar-refractivity contribution in [2.24, 2.45) is 5.41 Å². The van der Waals surface area contributed by atoms with Crippen molar-refractivity contribution in [2.45, 2.75) is 46.2 Å². The van der Waals surface area contributed by atoms with E-state index in [0.29, 0.717) is 5.41 Å². The molecule has 0 bridgehead atoms. The van der Waals surface area contributed by atoms with Crippen molar-refractivity contribution in [3.05, 3.63) is 18.2 Å². The summed E-state index contributed by atoms with van der Waals surface area (Å²) in [5.74, 6) is 0. The molecule has 0 saturated heterocycles. The fourth-order valence-electron chi connectivity index (χ4n) is 2.24. The van der Waals surface area contributed by atoms with Crippen LogP contribution in [0.5, 0.6) is 0 Å². The Bertz CT molecular complexity index is 312. The van der Waals surface area contributed by atoms with Crippen LogP contribution in [0.4, 0.5) is 0 Å². The van der Waals surface area contributed by atoms with Gasteiger partial charge in [-0.25, -0.2) is 4.98 Å². The van der Waals surface area contributed by atoms with Crippen LogP contribution in [0.15, 0.2) is 12.5 Å².